The van der Waals surface area contributed by atoms with Crippen molar-refractivity contribution < 1.29 is 19.9 Å². The van der Waals surface area contributed by atoms with Crippen LogP contribution in [0.25, 0.3) is 0 Å². The van der Waals surface area contributed by atoms with Gasteiger partial charge in [0, 0.05) is 47.4 Å². The molecule has 1 aromatic rings. The van der Waals surface area contributed by atoms with Crippen LogP contribution >= 0.6 is 0 Å². The van der Waals surface area contributed by atoms with Gasteiger partial charge in [0.25, 0.3) is 5.91 Å². The Kier molecular flexibility index (Phi) is 5.28. The molecule has 0 atom stereocenters. The molecular formula is C21H24N2O4. The third kappa shape index (κ3) is 3.45. The highest BCUT2D eigenvalue weighted by Gasteiger charge is 2.37. The Balaban J connectivity index is 0.00000210. The number of amides is 1. The second-order valence-corrected chi connectivity index (χ2v) is 7.22. The maximum absolute atomic E-state index is 12.8. The van der Waals surface area contributed by atoms with Crippen LogP contribution in [0.15, 0.2) is 46.8 Å². The van der Waals surface area contributed by atoms with E-state index in [0.717, 1.165) is 42.6 Å². The van der Waals surface area contributed by atoms with E-state index in [9.17, 15) is 14.4 Å². The number of Topliss-reactive ketones (excluding diaryl/α,β-unsaturated/α-hetero) is 2. The van der Waals surface area contributed by atoms with Crippen molar-refractivity contribution in [3.05, 3.63) is 57.9 Å². The number of aryl methyl sites for hydroxylation is 1. The average Bonchev–Trinajstić information content (AvgIpc) is 2.63. The summed E-state index contributed by atoms with van der Waals surface area (Å²) < 4.78 is 0. The summed E-state index contributed by atoms with van der Waals surface area (Å²) in [6.07, 6.45) is 4.54. The third-order valence-corrected chi connectivity index (χ3v) is 5.43. The van der Waals surface area contributed by atoms with Crippen LogP contribution in [-0.4, -0.2) is 28.0 Å². The van der Waals surface area contributed by atoms with Gasteiger partial charge in [0.05, 0.1) is 0 Å². The fourth-order valence-corrected chi connectivity index (χ4v) is 4.00. The number of benzene rings is 1. The van der Waals surface area contributed by atoms with Gasteiger partial charge in [-0.15, -0.1) is 0 Å². The van der Waals surface area contributed by atoms with Gasteiger partial charge in [-0.1, -0.05) is 17.7 Å². The second kappa shape index (κ2) is 7.48. The molecule has 0 spiro atoms. The first-order valence-electron chi connectivity index (χ1n) is 9.23. The Bertz CT molecular complexity index is 823. The summed E-state index contributed by atoms with van der Waals surface area (Å²) in [7, 11) is 0. The molecule has 0 aromatic heterocycles. The number of nitrogens with one attached hydrogen (secondary N) is 1. The molecule has 1 heterocycles. The molecule has 0 bridgehead atoms. The fraction of sp³-hybridized carbons (Fsp3) is 0.381. The van der Waals surface area contributed by atoms with E-state index in [-0.39, 0.29) is 22.9 Å². The van der Waals surface area contributed by atoms with Crippen LogP contribution < -0.4 is 5.43 Å². The number of carbonyl (C=O) groups is 3. The minimum Gasteiger partial charge on any atom is -0.412 e. The van der Waals surface area contributed by atoms with Crippen LogP contribution in [0.5, 0.6) is 0 Å². The summed E-state index contributed by atoms with van der Waals surface area (Å²) in [6.45, 7) is 1.97. The lowest BCUT2D eigenvalue weighted by molar-refractivity contribution is -0.117. The summed E-state index contributed by atoms with van der Waals surface area (Å²) in [5, 5.41) is 1.75. The molecule has 3 N–H and O–H groups in total. The number of carbonyl (C=O) groups excluding carboxylic acids is 3. The van der Waals surface area contributed by atoms with Gasteiger partial charge in [0.2, 0.25) is 0 Å². The number of hydrogen-bond donors (Lipinski definition) is 1. The van der Waals surface area contributed by atoms with Gasteiger partial charge in [-0.25, -0.2) is 0 Å². The van der Waals surface area contributed by atoms with E-state index >= 15 is 0 Å². The van der Waals surface area contributed by atoms with E-state index in [1.54, 1.807) is 17.1 Å². The summed E-state index contributed by atoms with van der Waals surface area (Å²) in [6, 6.07) is 7.37. The van der Waals surface area contributed by atoms with Crippen LogP contribution in [0.3, 0.4) is 0 Å². The smallest absolute Gasteiger partial charge is 0.270 e. The van der Waals surface area contributed by atoms with Gasteiger partial charge in [0.1, 0.15) is 0 Å². The molecule has 0 radical (unpaired) electrons. The van der Waals surface area contributed by atoms with Crippen molar-refractivity contribution in [3.63, 3.8) is 0 Å². The maximum Gasteiger partial charge on any atom is 0.270 e. The number of allylic oxidation sites excluding steroid dienone is 4. The van der Waals surface area contributed by atoms with E-state index in [1.165, 1.54) is 0 Å². The van der Waals surface area contributed by atoms with Crippen LogP contribution in [0, 0.1) is 6.92 Å². The summed E-state index contributed by atoms with van der Waals surface area (Å²) >= 11 is 0. The number of nitrogens with zero attached hydrogens (tertiary/aromatic N) is 1. The quantitative estimate of drug-likeness (QED) is 0.867. The van der Waals surface area contributed by atoms with Gasteiger partial charge in [-0.2, -0.15) is 0 Å². The fourth-order valence-electron chi connectivity index (χ4n) is 4.00. The lowest BCUT2D eigenvalue weighted by Crippen LogP contribution is -2.46. The summed E-state index contributed by atoms with van der Waals surface area (Å²) in [4.78, 5) is 37.6. The first-order chi connectivity index (χ1) is 12.5. The highest BCUT2D eigenvalue weighted by atomic mass is 16.2. The number of rotatable bonds is 2. The van der Waals surface area contributed by atoms with Crippen molar-refractivity contribution in [2.45, 2.75) is 51.9 Å². The van der Waals surface area contributed by atoms with Crippen molar-refractivity contribution in [1.29, 1.82) is 0 Å². The predicted molar refractivity (Wildman–Crippen MR) is 100 cm³/mol. The summed E-state index contributed by atoms with van der Waals surface area (Å²) in [5.41, 5.74) is 7.77. The molecule has 0 saturated carbocycles. The Hall–Kier alpha value is -2.73. The molecule has 0 saturated heterocycles. The lowest BCUT2D eigenvalue weighted by Gasteiger charge is -2.40. The molecule has 2 aliphatic carbocycles. The Morgan fingerprint density at radius 2 is 1.41 bits per heavy atom. The van der Waals surface area contributed by atoms with E-state index in [0.29, 0.717) is 36.0 Å². The zero-order valence-corrected chi connectivity index (χ0v) is 15.4. The molecule has 4 rings (SSSR count). The van der Waals surface area contributed by atoms with Gasteiger partial charge < -0.3 is 5.48 Å². The van der Waals surface area contributed by atoms with Crippen LogP contribution in [0.2, 0.25) is 0 Å². The molecule has 3 aliphatic rings. The van der Waals surface area contributed by atoms with Crippen LogP contribution in [-0.2, 0) is 9.59 Å². The second-order valence-electron chi connectivity index (χ2n) is 7.22. The summed E-state index contributed by atoms with van der Waals surface area (Å²) in [5.74, 6) is -0.0156. The molecular weight excluding hydrogens is 344 g/mol. The standard InChI is InChI=1S/C21H22N2O3.H2O/c1-13-8-10-14(11-9-13)21(26)22-23-17-4-2-6-19(24)15(17)12-16-18(23)5-3-7-20(16)25;/h8-11H,2-7,12H2,1H3,(H,22,26);1H2. The first kappa shape index (κ1) is 19.0. The van der Waals surface area contributed by atoms with Gasteiger partial charge in [-0.05, 0) is 44.7 Å². The van der Waals surface area contributed by atoms with Crippen LogP contribution in [0.1, 0.15) is 60.9 Å². The molecule has 0 unspecified atom stereocenters. The zero-order chi connectivity index (χ0) is 18.3. The van der Waals surface area contributed by atoms with Crippen LogP contribution in [0.4, 0.5) is 0 Å². The van der Waals surface area contributed by atoms with Crippen molar-refractivity contribution in [3.8, 4) is 0 Å². The Labute approximate surface area is 158 Å². The average molecular weight is 368 g/mol. The third-order valence-electron chi connectivity index (χ3n) is 5.43. The number of hydrogen-bond acceptors (Lipinski definition) is 4. The van der Waals surface area contributed by atoms with Crippen molar-refractivity contribution in [2.24, 2.45) is 0 Å². The molecule has 1 aliphatic heterocycles. The molecule has 0 fully saturated rings. The monoisotopic (exact) mass is 368 g/mol. The number of hydrazine groups is 1. The van der Waals surface area contributed by atoms with Gasteiger partial charge in [0.15, 0.2) is 11.6 Å². The van der Waals surface area contributed by atoms with Crippen molar-refractivity contribution in [2.75, 3.05) is 0 Å². The first-order valence-corrected chi connectivity index (χ1v) is 9.23. The van der Waals surface area contributed by atoms with E-state index in [1.807, 2.05) is 19.1 Å². The topological polar surface area (TPSA) is 98.0 Å². The van der Waals surface area contributed by atoms with E-state index in [2.05, 4.69) is 5.43 Å². The molecule has 27 heavy (non-hydrogen) atoms. The molecule has 6 nitrogen and oxygen atoms in total. The normalized spacial score (nSPS) is 19.4. The van der Waals surface area contributed by atoms with Gasteiger partial charge in [-0.3, -0.25) is 24.8 Å². The highest BCUT2D eigenvalue weighted by Crippen LogP contribution is 2.40. The lowest BCUT2D eigenvalue weighted by atomic mass is 9.81. The highest BCUT2D eigenvalue weighted by molar-refractivity contribution is 6.04. The van der Waals surface area contributed by atoms with Crippen molar-refractivity contribution >= 4 is 17.5 Å². The molecule has 1 amide bonds. The Morgan fingerprint density at radius 3 is 1.93 bits per heavy atom. The largest absolute Gasteiger partial charge is 0.412 e. The molecule has 6 heteroatoms. The Morgan fingerprint density at radius 1 is 0.889 bits per heavy atom. The van der Waals surface area contributed by atoms with Crippen molar-refractivity contribution in [1.82, 2.24) is 10.4 Å². The molecule has 142 valence electrons. The minimum atomic E-state index is -0.221. The zero-order valence-electron chi connectivity index (χ0n) is 15.4. The minimum absolute atomic E-state index is 0. The SMILES string of the molecule is Cc1ccc(C(=O)NN2C3=C(CC4=C2CCCC4=O)C(=O)CCC3)cc1.O. The molecule has 1 aromatic carbocycles. The number of ketones is 2. The van der Waals surface area contributed by atoms with E-state index < -0.39 is 0 Å². The maximum atomic E-state index is 12.8. The predicted octanol–water partition coefficient (Wildman–Crippen LogP) is 2.54. The van der Waals surface area contributed by atoms with Gasteiger partial charge >= 0.3 is 0 Å². The van der Waals surface area contributed by atoms with E-state index in [4.69, 9.17) is 0 Å².